The van der Waals surface area contributed by atoms with E-state index < -0.39 is 4.92 Å². The number of rotatable bonds is 7. The minimum absolute atomic E-state index is 0. The Morgan fingerprint density at radius 1 is 1.30 bits per heavy atom. The molecule has 2 rings (SSSR count). The summed E-state index contributed by atoms with van der Waals surface area (Å²) in [5, 5.41) is 19.8. The number of benzene rings is 1. The normalized spacial score (nSPS) is 14.6. The fraction of sp³-hybridized carbons (Fsp3) is 0.500. The monoisotopic (exact) mass is 343 g/mol. The van der Waals surface area contributed by atoms with Gasteiger partial charge in [-0.25, -0.2) is 0 Å². The number of hydrogen-bond acceptors (Lipinski definition) is 6. The minimum atomic E-state index is -0.468. The van der Waals surface area contributed by atoms with Gasteiger partial charge < -0.3 is 16.0 Å². The number of nitro benzene ring substituents is 1. The second-order valence-corrected chi connectivity index (χ2v) is 5.07. The van der Waals surface area contributed by atoms with Gasteiger partial charge in [0.2, 0.25) is 5.91 Å². The van der Waals surface area contributed by atoms with Crippen molar-refractivity contribution in [3.05, 3.63) is 34.4 Å². The van der Waals surface area contributed by atoms with Gasteiger partial charge in [0.05, 0.1) is 11.5 Å². The standard InChI is InChI=1S/C14H21N5O3.ClH/c20-14(16-7-10-18-8-5-15-6-9-18)11-17-12-3-1-2-4-13(12)19(21)22;/h1-4,15,17H,5-11H2,(H,16,20);1H. The molecule has 0 saturated carbocycles. The van der Waals surface area contributed by atoms with E-state index in [1.54, 1.807) is 18.2 Å². The maximum absolute atomic E-state index is 11.8. The van der Waals surface area contributed by atoms with Crippen LogP contribution in [-0.4, -0.2) is 61.5 Å². The fourth-order valence-corrected chi connectivity index (χ4v) is 2.31. The van der Waals surface area contributed by atoms with E-state index >= 15 is 0 Å². The van der Waals surface area contributed by atoms with Crippen molar-refractivity contribution in [3.8, 4) is 0 Å². The van der Waals surface area contributed by atoms with Crippen LogP contribution in [0.1, 0.15) is 0 Å². The lowest BCUT2D eigenvalue weighted by molar-refractivity contribution is -0.383. The van der Waals surface area contributed by atoms with Crippen LogP contribution in [0.25, 0.3) is 0 Å². The predicted molar refractivity (Wildman–Crippen MR) is 91.2 cm³/mol. The number of halogens is 1. The molecular weight excluding hydrogens is 322 g/mol. The van der Waals surface area contributed by atoms with Gasteiger partial charge in [-0.15, -0.1) is 12.4 Å². The third-order valence-electron chi connectivity index (χ3n) is 3.50. The summed E-state index contributed by atoms with van der Waals surface area (Å²) < 4.78 is 0. The number of carbonyl (C=O) groups is 1. The number of para-hydroxylation sites is 2. The summed E-state index contributed by atoms with van der Waals surface area (Å²) in [7, 11) is 0. The highest BCUT2D eigenvalue weighted by atomic mass is 35.5. The Hall–Kier alpha value is -1.90. The van der Waals surface area contributed by atoms with Crippen molar-refractivity contribution in [1.29, 1.82) is 0 Å². The first kappa shape index (κ1) is 19.1. The van der Waals surface area contributed by atoms with Crippen LogP contribution >= 0.6 is 12.4 Å². The van der Waals surface area contributed by atoms with Crippen LogP contribution in [0.3, 0.4) is 0 Å². The van der Waals surface area contributed by atoms with Crippen LogP contribution in [0.2, 0.25) is 0 Å². The molecule has 1 aliphatic rings. The highest BCUT2D eigenvalue weighted by Gasteiger charge is 2.13. The number of hydrogen-bond donors (Lipinski definition) is 3. The molecule has 0 bridgehead atoms. The van der Waals surface area contributed by atoms with E-state index in [2.05, 4.69) is 20.9 Å². The average Bonchev–Trinajstić information content (AvgIpc) is 2.54. The Kier molecular flexibility index (Phi) is 8.31. The van der Waals surface area contributed by atoms with Crippen LogP contribution < -0.4 is 16.0 Å². The van der Waals surface area contributed by atoms with Crippen molar-refractivity contribution in [2.45, 2.75) is 0 Å². The van der Waals surface area contributed by atoms with Crippen molar-refractivity contribution >= 4 is 29.7 Å². The average molecular weight is 344 g/mol. The van der Waals surface area contributed by atoms with E-state index in [9.17, 15) is 14.9 Å². The Bertz CT molecular complexity index is 523. The lowest BCUT2D eigenvalue weighted by atomic mass is 10.2. The van der Waals surface area contributed by atoms with Crippen LogP contribution in [-0.2, 0) is 4.79 Å². The van der Waals surface area contributed by atoms with Gasteiger partial charge in [0.15, 0.2) is 0 Å². The van der Waals surface area contributed by atoms with E-state index in [1.807, 2.05) is 0 Å². The molecule has 3 N–H and O–H groups in total. The van der Waals surface area contributed by atoms with E-state index in [-0.39, 0.29) is 30.5 Å². The van der Waals surface area contributed by atoms with Gasteiger partial charge >= 0.3 is 0 Å². The Morgan fingerprint density at radius 3 is 2.70 bits per heavy atom. The number of amides is 1. The number of piperazine rings is 1. The number of anilines is 1. The maximum Gasteiger partial charge on any atom is 0.292 e. The minimum Gasteiger partial charge on any atom is -0.371 e. The summed E-state index contributed by atoms with van der Waals surface area (Å²) in [4.78, 5) is 24.4. The zero-order chi connectivity index (χ0) is 15.8. The molecule has 1 aliphatic heterocycles. The van der Waals surface area contributed by atoms with Crippen molar-refractivity contribution < 1.29 is 9.72 Å². The molecule has 1 fully saturated rings. The molecule has 0 aromatic heterocycles. The maximum atomic E-state index is 11.8. The zero-order valence-electron chi connectivity index (χ0n) is 12.8. The number of nitrogens with zero attached hydrogens (tertiary/aromatic N) is 2. The van der Waals surface area contributed by atoms with Crippen molar-refractivity contribution in [1.82, 2.24) is 15.5 Å². The number of nitro groups is 1. The largest absolute Gasteiger partial charge is 0.371 e. The highest BCUT2D eigenvalue weighted by Crippen LogP contribution is 2.22. The Labute approximate surface area is 141 Å². The molecule has 9 heteroatoms. The summed E-state index contributed by atoms with van der Waals surface area (Å²) in [5.41, 5.74) is 0.320. The lowest BCUT2D eigenvalue weighted by Gasteiger charge is -2.27. The topological polar surface area (TPSA) is 99.5 Å². The zero-order valence-corrected chi connectivity index (χ0v) is 13.6. The van der Waals surface area contributed by atoms with Crippen LogP contribution in [0.15, 0.2) is 24.3 Å². The molecule has 0 atom stereocenters. The molecule has 23 heavy (non-hydrogen) atoms. The molecule has 0 unspecified atom stereocenters. The van der Waals surface area contributed by atoms with Gasteiger partial charge in [-0.1, -0.05) is 12.1 Å². The van der Waals surface area contributed by atoms with Crippen molar-refractivity contribution in [3.63, 3.8) is 0 Å². The molecule has 0 aliphatic carbocycles. The summed E-state index contributed by atoms with van der Waals surface area (Å²) in [5.74, 6) is -0.173. The SMILES string of the molecule is Cl.O=C(CNc1ccccc1[N+](=O)[O-])NCCN1CCNCC1. The van der Waals surface area contributed by atoms with Crippen LogP contribution in [0.4, 0.5) is 11.4 Å². The Morgan fingerprint density at radius 2 is 2.00 bits per heavy atom. The summed E-state index contributed by atoms with van der Waals surface area (Å²) in [6.07, 6.45) is 0. The number of nitrogens with one attached hydrogen (secondary N) is 3. The van der Waals surface area contributed by atoms with Gasteiger partial charge in [0.25, 0.3) is 5.69 Å². The first-order valence-corrected chi connectivity index (χ1v) is 7.34. The molecule has 1 heterocycles. The van der Waals surface area contributed by atoms with Crippen LogP contribution in [0, 0.1) is 10.1 Å². The molecule has 1 amide bonds. The second-order valence-electron chi connectivity index (χ2n) is 5.07. The van der Waals surface area contributed by atoms with E-state index in [0.717, 1.165) is 32.7 Å². The molecule has 8 nitrogen and oxygen atoms in total. The van der Waals surface area contributed by atoms with Gasteiger partial charge in [0.1, 0.15) is 5.69 Å². The predicted octanol–water partition coefficient (Wildman–Crippen LogP) is 0.450. The fourth-order valence-electron chi connectivity index (χ4n) is 2.31. The molecule has 128 valence electrons. The third kappa shape index (κ3) is 6.39. The summed E-state index contributed by atoms with van der Waals surface area (Å²) >= 11 is 0. The molecule has 1 aromatic carbocycles. The molecule has 0 spiro atoms. The van der Waals surface area contributed by atoms with Gasteiger partial charge in [0, 0.05) is 45.3 Å². The summed E-state index contributed by atoms with van der Waals surface area (Å²) in [6, 6.07) is 6.28. The second kappa shape index (κ2) is 9.98. The molecule has 1 saturated heterocycles. The molecule has 0 radical (unpaired) electrons. The quantitative estimate of drug-likeness (QED) is 0.491. The Balaban J connectivity index is 0.00000264. The molecular formula is C14H22ClN5O3. The first-order valence-electron chi connectivity index (χ1n) is 7.34. The molecule has 1 aromatic rings. The first-order chi connectivity index (χ1) is 10.7. The van der Waals surface area contributed by atoms with Gasteiger partial charge in [-0.3, -0.25) is 19.8 Å². The van der Waals surface area contributed by atoms with Crippen molar-refractivity contribution in [2.75, 3.05) is 51.1 Å². The highest BCUT2D eigenvalue weighted by molar-refractivity contribution is 5.85. The van der Waals surface area contributed by atoms with E-state index in [1.165, 1.54) is 6.07 Å². The lowest BCUT2D eigenvalue weighted by Crippen LogP contribution is -2.46. The van der Waals surface area contributed by atoms with Gasteiger partial charge in [-0.05, 0) is 6.07 Å². The van der Waals surface area contributed by atoms with E-state index in [0.29, 0.717) is 12.2 Å². The number of carbonyl (C=O) groups excluding carboxylic acids is 1. The third-order valence-corrected chi connectivity index (χ3v) is 3.50. The van der Waals surface area contributed by atoms with Crippen LogP contribution in [0.5, 0.6) is 0 Å². The van der Waals surface area contributed by atoms with Gasteiger partial charge in [-0.2, -0.15) is 0 Å². The van der Waals surface area contributed by atoms with E-state index in [4.69, 9.17) is 0 Å². The smallest absolute Gasteiger partial charge is 0.292 e. The van der Waals surface area contributed by atoms with Crippen molar-refractivity contribution in [2.24, 2.45) is 0 Å². The summed E-state index contributed by atoms with van der Waals surface area (Å²) in [6.45, 7) is 5.36.